The minimum absolute atomic E-state index is 0.00946. The first-order chi connectivity index (χ1) is 17.0. The Hall–Kier alpha value is -2.32. The number of nitrogens with one attached hydrogen (secondary N) is 2. The van der Waals surface area contributed by atoms with Crippen LogP contribution in [0.3, 0.4) is 0 Å². The maximum absolute atomic E-state index is 11.7. The Morgan fingerprint density at radius 3 is 1.89 bits per heavy atom. The van der Waals surface area contributed by atoms with E-state index in [-0.39, 0.29) is 70.2 Å². The molecule has 2 fully saturated rings. The van der Waals surface area contributed by atoms with Gasteiger partial charge in [-0.05, 0) is 25.7 Å². The van der Waals surface area contributed by atoms with Gasteiger partial charge in [-0.1, -0.05) is 0 Å². The van der Waals surface area contributed by atoms with E-state index >= 15 is 0 Å². The van der Waals surface area contributed by atoms with E-state index in [0.717, 1.165) is 30.7 Å². The Morgan fingerprint density at radius 2 is 1.34 bits per heavy atom. The summed E-state index contributed by atoms with van der Waals surface area (Å²) in [6.45, 7) is -0.00301. The average Bonchev–Trinajstić information content (AvgIpc) is 3.23. The van der Waals surface area contributed by atoms with Crippen LogP contribution in [-0.4, -0.2) is 104 Å². The van der Waals surface area contributed by atoms with Crippen molar-refractivity contribution in [2.24, 2.45) is 22.0 Å². The maximum atomic E-state index is 11.7. The van der Waals surface area contributed by atoms with Gasteiger partial charge in [0.25, 0.3) is 0 Å². The molecule has 2 unspecified atom stereocenters. The van der Waals surface area contributed by atoms with Crippen LogP contribution in [0.4, 0.5) is 9.59 Å². The predicted molar refractivity (Wildman–Crippen MR) is 123 cm³/mol. The van der Waals surface area contributed by atoms with E-state index in [1.165, 1.54) is 0 Å². The van der Waals surface area contributed by atoms with Crippen LogP contribution < -0.4 is 10.6 Å². The highest BCUT2D eigenvalue weighted by atomic mass is 16.7. The Balaban J connectivity index is 1.56. The molecule has 35 heavy (non-hydrogen) atoms. The quantitative estimate of drug-likeness (QED) is 0.259. The third-order valence-corrected chi connectivity index (χ3v) is 6.31. The summed E-state index contributed by atoms with van der Waals surface area (Å²) in [6, 6.07) is 0. The fraction of sp³-hybridized carbons (Fsp3) is 0.818. The maximum Gasteiger partial charge on any atom is 0.407 e. The van der Waals surface area contributed by atoms with Gasteiger partial charge in [0.1, 0.15) is 6.61 Å². The summed E-state index contributed by atoms with van der Waals surface area (Å²) in [5.41, 5.74) is 1.71. The molecule has 5 N–H and O–H groups in total. The molecule has 1 saturated heterocycles. The zero-order chi connectivity index (χ0) is 25.0. The number of rotatable bonds is 11. The molecule has 13 nitrogen and oxygen atoms in total. The molecule has 0 aromatic carbocycles. The highest BCUT2D eigenvalue weighted by Gasteiger charge is 2.42. The van der Waals surface area contributed by atoms with Gasteiger partial charge in [-0.15, -0.1) is 0 Å². The number of hydrogen-bond donors (Lipinski definition) is 5. The number of carbonyl (C=O) groups excluding carboxylic acids is 2. The van der Waals surface area contributed by atoms with E-state index in [9.17, 15) is 14.7 Å². The lowest BCUT2D eigenvalue weighted by atomic mass is 9.73. The molecule has 0 radical (unpaired) electrons. The minimum Gasteiger partial charge on any atom is -0.449 e. The lowest BCUT2D eigenvalue weighted by Gasteiger charge is -2.35. The molecule has 13 heteroatoms. The molecule has 0 aromatic rings. The Morgan fingerprint density at radius 1 is 0.800 bits per heavy atom. The topological polar surface area (TPSA) is 181 Å². The van der Waals surface area contributed by atoms with Gasteiger partial charge in [-0.25, -0.2) is 9.59 Å². The van der Waals surface area contributed by atoms with Gasteiger partial charge in [-0.2, -0.15) is 10.2 Å². The van der Waals surface area contributed by atoms with Crippen LogP contribution in [-0.2, 0) is 18.9 Å². The first-order valence-corrected chi connectivity index (χ1v) is 12.1. The zero-order valence-electron chi connectivity index (χ0n) is 19.8. The number of nitrogens with zero attached hydrogens (tertiary/aromatic N) is 2. The normalized spacial score (nSPS) is 27.9. The molecule has 0 aromatic heterocycles. The van der Waals surface area contributed by atoms with Crippen molar-refractivity contribution in [1.82, 2.24) is 10.6 Å². The van der Waals surface area contributed by atoms with Gasteiger partial charge in [0, 0.05) is 55.8 Å². The second kappa shape index (κ2) is 14.3. The number of aliphatic hydroxyl groups is 3. The highest BCUT2D eigenvalue weighted by molar-refractivity contribution is 5.98. The molecule has 2 heterocycles. The lowest BCUT2D eigenvalue weighted by molar-refractivity contribution is -0.0978. The van der Waals surface area contributed by atoms with Gasteiger partial charge < -0.3 is 44.9 Å². The monoisotopic (exact) mass is 500 g/mol. The van der Waals surface area contributed by atoms with Crippen molar-refractivity contribution < 1.29 is 43.9 Å². The molecule has 0 spiro atoms. The third-order valence-electron chi connectivity index (χ3n) is 6.31. The van der Waals surface area contributed by atoms with Gasteiger partial charge in [0.15, 0.2) is 6.29 Å². The summed E-state index contributed by atoms with van der Waals surface area (Å²) < 4.78 is 22.3. The summed E-state index contributed by atoms with van der Waals surface area (Å²) in [5.74, 6) is 0.184. The smallest absolute Gasteiger partial charge is 0.407 e. The number of aliphatic hydroxyl groups excluding tert-OH is 3. The molecule has 0 bridgehead atoms. The van der Waals surface area contributed by atoms with Crippen LogP contribution in [0.2, 0.25) is 0 Å². The Labute approximate surface area is 203 Å². The standard InChI is InChI=1S/C22H36N4O9/c27-9-5-16-14-1-3-18-19(35-20(34-18)13-33-22(31)24-8-11-29)4-2-15(14)17(26-25-16)6-12-32-21(30)23-7-10-28/h14-15,18-20,27-29H,1-13H2,(H,23,30)(H,24,31)/t14?,15?,18-,19+,20-/m1/s1. The van der Waals surface area contributed by atoms with Gasteiger partial charge in [0.05, 0.1) is 32.0 Å². The van der Waals surface area contributed by atoms with Crippen LogP contribution in [0.5, 0.6) is 0 Å². The highest BCUT2D eigenvalue weighted by Crippen LogP contribution is 2.38. The summed E-state index contributed by atoms with van der Waals surface area (Å²) in [5, 5.41) is 40.7. The van der Waals surface area contributed by atoms with Gasteiger partial charge in [-0.3, -0.25) is 0 Å². The molecule has 3 aliphatic rings. The van der Waals surface area contributed by atoms with E-state index in [0.29, 0.717) is 19.3 Å². The fourth-order valence-corrected chi connectivity index (χ4v) is 4.74. The third kappa shape index (κ3) is 8.10. The summed E-state index contributed by atoms with van der Waals surface area (Å²) in [6.07, 6.45) is 1.68. The van der Waals surface area contributed by atoms with Crippen molar-refractivity contribution in [2.75, 3.05) is 46.1 Å². The first kappa shape index (κ1) is 27.3. The van der Waals surface area contributed by atoms with Crippen molar-refractivity contribution in [1.29, 1.82) is 0 Å². The van der Waals surface area contributed by atoms with E-state index in [4.69, 9.17) is 29.2 Å². The molecule has 1 aliphatic carbocycles. The number of amides is 2. The van der Waals surface area contributed by atoms with Crippen molar-refractivity contribution in [3.05, 3.63) is 0 Å². The van der Waals surface area contributed by atoms with Gasteiger partial charge in [0.2, 0.25) is 0 Å². The summed E-state index contributed by atoms with van der Waals surface area (Å²) >= 11 is 0. The van der Waals surface area contributed by atoms with E-state index < -0.39 is 18.5 Å². The average molecular weight is 501 g/mol. The van der Waals surface area contributed by atoms with Crippen LogP contribution in [0.1, 0.15) is 38.5 Å². The van der Waals surface area contributed by atoms with Crippen molar-refractivity contribution in [3.8, 4) is 0 Å². The molecular formula is C22H36N4O9. The number of hydrogen-bond acceptors (Lipinski definition) is 11. The van der Waals surface area contributed by atoms with E-state index in [1.807, 2.05) is 0 Å². The van der Waals surface area contributed by atoms with Gasteiger partial charge >= 0.3 is 12.2 Å². The van der Waals surface area contributed by atoms with E-state index in [2.05, 4.69) is 20.8 Å². The molecule has 3 rings (SSSR count). The zero-order valence-corrected chi connectivity index (χ0v) is 19.8. The number of fused-ring (bicyclic) bond motifs is 2. The van der Waals surface area contributed by atoms with Crippen molar-refractivity contribution in [2.45, 2.75) is 57.0 Å². The van der Waals surface area contributed by atoms with Crippen LogP contribution in [0.15, 0.2) is 10.2 Å². The lowest BCUT2D eigenvalue weighted by Crippen LogP contribution is -2.38. The molecule has 198 valence electrons. The van der Waals surface area contributed by atoms with Crippen LogP contribution in [0.25, 0.3) is 0 Å². The van der Waals surface area contributed by atoms with E-state index in [1.54, 1.807) is 0 Å². The number of ether oxygens (including phenoxy) is 4. The largest absolute Gasteiger partial charge is 0.449 e. The number of alkyl carbamates (subject to hydrolysis) is 2. The Kier molecular flexibility index (Phi) is 11.1. The minimum atomic E-state index is -0.658. The SMILES string of the molecule is O=C(NCCO)OCCC1=NN=C(CCO)C2CC[C@H]3O[C@@H](COC(=O)NCCO)O[C@H]3CCC12. The molecule has 1 saturated carbocycles. The Bertz CT molecular complexity index is 763. The predicted octanol–water partition coefficient (Wildman–Crippen LogP) is -0.0770. The van der Waals surface area contributed by atoms with Crippen LogP contribution in [0, 0.1) is 11.8 Å². The molecule has 2 aliphatic heterocycles. The summed E-state index contributed by atoms with van der Waals surface area (Å²) in [4.78, 5) is 23.3. The second-order valence-electron chi connectivity index (χ2n) is 8.59. The number of carbonyl (C=O) groups is 2. The van der Waals surface area contributed by atoms with Crippen molar-refractivity contribution >= 4 is 23.6 Å². The molecule has 2 amide bonds. The fourth-order valence-electron chi connectivity index (χ4n) is 4.74. The summed E-state index contributed by atoms with van der Waals surface area (Å²) in [7, 11) is 0. The van der Waals surface area contributed by atoms with Crippen molar-refractivity contribution in [3.63, 3.8) is 0 Å². The second-order valence-corrected chi connectivity index (χ2v) is 8.59. The first-order valence-electron chi connectivity index (χ1n) is 12.1. The molecule has 5 atom stereocenters. The molecular weight excluding hydrogens is 464 g/mol. The van der Waals surface area contributed by atoms with Crippen LogP contribution >= 0.6 is 0 Å².